The Bertz CT molecular complexity index is 319. The van der Waals surface area contributed by atoms with E-state index in [0.29, 0.717) is 6.04 Å². The van der Waals surface area contributed by atoms with Crippen LogP contribution in [-0.4, -0.2) is 24.5 Å². The van der Waals surface area contributed by atoms with Gasteiger partial charge in [0.25, 0.3) is 0 Å². The van der Waals surface area contributed by atoms with Crippen LogP contribution < -0.4 is 5.73 Å². The molecule has 0 radical (unpaired) electrons. The zero-order valence-electron chi connectivity index (χ0n) is 12.3. The third-order valence-electron chi connectivity index (χ3n) is 3.39. The molecule has 0 bridgehead atoms. The highest BCUT2D eigenvalue weighted by molar-refractivity contribution is 7.10. The van der Waals surface area contributed by atoms with Gasteiger partial charge in [0.15, 0.2) is 0 Å². The standard InChI is InChI=1S/C15H28N2S/c1-5-9-17(12-15(3,4)11-16)13(6-2)14-8-7-10-18-14/h7-8,10,13H,5-6,9,11-12,16H2,1-4H3. The summed E-state index contributed by atoms with van der Waals surface area (Å²) in [6.45, 7) is 12.0. The molecule has 0 saturated heterocycles. The Kier molecular flexibility index (Phi) is 6.33. The second-order valence-corrected chi connectivity index (χ2v) is 6.76. The summed E-state index contributed by atoms with van der Waals surface area (Å²) in [6, 6.07) is 4.97. The van der Waals surface area contributed by atoms with Gasteiger partial charge in [0, 0.05) is 17.5 Å². The van der Waals surface area contributed by atoms with Crippen molar-refractivity contribution in [3.63, 3.8) is 0 Å². The molecule has 1 unspecified atom stereocenters. The molecule has 0 saturated carbocycles. The fourth-order valence-corrected chi connectivity index (χ4v) is 3.31. The van der Waals surface area contributed by atoms with Gasteiger partial charge < -0.3 is 5.73 Å². The highest BCUT2D eigenvalue weighted by Gasteiger charge is 2.25. The van der Waals surface area contributed by atoms with Crippen LogP contribution in [0.15, 0.2) is 17.5 Å². The summed E-state index contributed by atoms with van der Waals surface area (Å²) >= 11 is 1.87. The van der Waals surface area contributed by atoms with Gasteiger partial charge in [0.1, 0.15) is 0 Å². The van der Waals surface area contributed by atoms with E-state index in [9.17, 15) is 0 Å². The zero-order chi connectivity index (χ0) is 13.6. The van der Waals surface area contributed by atoms with E-state index in [1.807, 2.05) is 11.3 Å². The fraction of sp³-hybridized carbons (Fsp3) is 0.733. The minimum Gasteiger partial charge on any atom is -0.330 e. The predicted molar refractivity (Wildman–Crippen MR) is 82.1 cm³/mol. The number of hydrogen-bond donors (Lipinski definition) is 1. The Morgan fingerprint density at radius 3 is 2.56 bits per heavy atom. The first-order chi connectivity index (χ1) is 8.54. The highest BCUT2D eigenvalue weighted by atomic mass is 32.1. The Labute approximate surface area is 116 Å². The monoisotopic (exact) mass is 268 g/mol. The largest absolute Gasteiger partial charge is 0.330 e. The molecule has 0 aliphatic rings. The first kappa shape index (κ1) is 15.7. The number of nitrogens with two attached hydrogens (primary N) is 1. The van der Waals surface area contributed by atoms with E-state index in [1.54, 1.807) is 0 Å². The first-order valence-electron chi connectivity index (χ1n) is 7.01. The molecule has 1 aromatic heterocycles. The molecule has 104 valence electrons. The van der Waals surface area contributed by atoms with E-state index in [4.69, 9.17) is 5.73 Å². The van der Waals surface area contributed by atoms with Gasteiger partial charge in [-0.05, 0) is 42.8 Å². The minimum absolute atomic E-state index is 0.194. The highest BCUT2D eigenvalue weighted by Crippen LogP contribution is 2.30. The lowest BCUT2D eigenvalue weighted by Crippen LogP contribution is -2.40. The second kappa shape index (κ2) is 7.27. The molecule has 0 fully saturated rings. The molecular weight excluding hydrogens is 240 g/mol. The number of hydrogen-bond acceptors (Lipinski definition) is 3. The Hall–Kier alpha value is -0.380. The lowest BCUT2D eigenvalue weighted by Gasteiger charge is -2.36. The van der Waals surface area contributed by atoms with E-state index in [0.717, 1.165) is 19.6 Å². The maximum absolute atomic E-state index is 5.89. The molecule has 0 amide bonds. The molecule has 1 heterocycles. The Balaban J connectivity index is 2.81. The average molecular weight is 268 g/mol. The summed E-state index contributed by atoms with van der Waals surface area (Å²) in [5.41, 5.74) is 6.08. The van der Waals surface area contributed by atoms with E-state index in [-0.39, 0.29) is 5.41 Å². The van der Waals surface area contributed by atoms with Gasteiger partial charge in [-0.3, -0.25) is 4.90 Å². The van der Waals surface area contributed by atoms with Crippen molar-refractivity contribution in [3.05, 3.63) is 22.4 Å². The van der Waals surface area contributed by atoms with Crippen molar-refractivity contribution in [1.82, 2.24) is 4.90 Å². The van der Waals surface area contributed by atoms with Crippen molar-refractivity contribution in [2.24, 2.45) is 11.1 Å². The number of thiophene rings is 1. The molecule has 2 N–H and O–H groups in total. The number of rotatable bonds is 8. The smallest absolute Gasteiger partial charge is 0.0439 e. The molecule has 18 heavy (non-hydrogen) atoms. The first-order valence-corrected chi connectivity index (χ1v) is 7.89. The van der Waals surface area contributed by atoms with Gasteiger partial charge in [-0.25, -0.2) is 0 Å². The van der Waals surface area contributed by atoms with Crippen molar-refractivity contribution >= 4 is 11.3 Å². The summed E-state index contributed by atoms with van der Waals surface area (Å²) in [4.78, 5) is 4.09. The van der Waals surface area contributed by atoms with Crippen LogP contribution in [0.25, 0.3) is 0 Å². The van der Waals surface area contributed by atoms with Crippen LogP contribution in [0.2, 0.25) is 0 Å². The normalized spacial score (nSPS) is 14.1. The van der Waals surface area contributed by atoms with Gasteiger partial charge >= 0.3 is 0 Å². The van der Waals surface area contributed by atoms with Crippen LogP contribution in [0, 0.1) is 5.41 Å². The maximum Gasteiger partial charge on any atom is 0.0439 e. The quantitative estimate of drug-likeness (QED) is 0.775. The fourth-order valence-electron chi connectivity index (χ4n) is 2.37. The summed E-state index contributed by atoms with van der Waals surface area (Å²) in [6.07, 6.45) is 2.36. The van der Waals surface area contributed by atoms with E-state index in [2.05, 4.69) is 50.1 Å². The predicted octanol–water partition coefficient (Wildman–Crippen LogP) is 3.90. The van der Waals surface area contributed by atoms with Gasteiger partial charge in [-0.1, -0.05) is 33.8 Å². The summed E-state index contributed by atoms with van der Waals surface area (Å²) in [7, 11) is 0. The van der Waals surface area contributed by atoms with Crippen LogP contribution in [0.3, 0.4) is 0 Å². The third-order valence-corrected chi connectivity index (χ3v) is 4.37. The second-order valence-electron chi connectivity index (χ2n) is 5.78. The van der Waals surface area contributed by atoms with Gasteiger partial charge in [0.05, 0.1) is 0 Å². The Morgan fingerprint density at radius 1 is 1.39 bits per heavy atom. The lowest BCUT2D eigenvalue weighted by molar-refractivity contribution is 0.130. The van der Waals surface area contributed by atoms with Gasteiger partial charge in [0.2, 0.25) is 0 Å². The topological polar surface area (TPSA) is 29.3 Å². The SMILES string of the molecule is CCCN(CC(C)(C)CN)C(CC)c1cccs1. The molecule has 1 atom stereocenters. The summed E-state index contributed by atoms with van der Waals surface area (Å²) in [5, 5.41) is 2.18. The lowest BCUT2D eigenvalue weighted by atomic mass is 9.92. The molecule has 2 nitrogen and oxygen atoms in total. The minimum atomic E-state index is 0.194. The number of nitrogens with zero attached hydrogens (tertiary/aromatic N) is 1. The molecule has 1 aromatic rings. The van der Waals surface area contributed by atoms with Gasteiger partial charge in [-0.2, -0.15) is 0 Å². The molecule has 0 aliphatic heterocycles. The average Bonchev–Trinajstić information content (AvgIpc) is 2.83. The van der Waals surface area contributed by atoms with Crippen molar-refractivity contribution in [3.8, 4) is 0 Å². The molecule has 0 aromatic carbocycles. The van der Waals surface area contributed by atoms with E-state index in [1.165, 1.54) is 17.7 Å². The van der Waals surface area contributed by atoms with Crippen molar-refractivity contribution in [1.29, 1.82) is 0 Å². The van der Waals surface area contributed by atoms with Crippen LogP contribution in [0.4, 0.5) is 0 Å². The Morgan fingerprint density at radius 2 is 2.11 bits per heavy atom. The molecule has 0 spiro atoms. The molecule has 0 aliphatic carbocycles. The maximum atomic E-state index is 5.89. The van der Waals surface area contributed by atoms with Crippen LogP contribution in [0.1, 0.15) is 51.5 Å². The molecule has 3 heteroatoms. The summed E-state index contributed by atoms with van der Waals surface area (Å²) < 4.78 is 0. The van der Waals surface area contributed by atoms with Crippen LogP contribution in [0.5, 0.6) is 0 Å². The van der Waals surface area contributed by atoms with Crippen molar-refractivity contribution in [2.75, 3.05) is 19.6 Å². The van der Waals surface area contributed by atoms with Crippen LogP contribution in [-0.2, 0) is 0 Å². The van der Waals surface area contributed by atoms with E-state index >= 15 is 0 Å². The third kappa shape index (κ3) is 4.38. The van der Waals surface area contributed by atoms with Crippen LogP contribution >= 0.6 is 11.3 Å². The van der Waals surface area contributed by atoms with Crippen molar-refractivity contribution < 1.29 is 0 Å². The van der Waals surface area contributed by atoms with Gasteiger partial charge in [-0.15, -0.1) is 11.3 Å². The summed E-state index contributed by atoms with van der Waals surface area (Å²) in [5.74, 6) is 0. The molecular formula is C15H28N2S. The zero-order valence-corrected chi connectivity index (χ0v) is 13.1. The van der Waals surface area contributed by atoms with E-state index < -0.39 is 0 Å². The molecule has 1 rings (SSSR count). The van der Waals surface area contributed by atoms with Crippen molar-refractivity contribution in [2.45, 2.75) is 46.6 Å².